The molecule has 0 radical (unpaired) electrons. The molecule has 2 aromatic heterocycles. The number of nitrogens with zero attached hydrogens (tertiary/aromatic N) is 1. The number of fused-ring (bicyclic) bond motifs is 1. The second kappa shape index (κ2) is 5.67. The van der Waals surface area contributed by atoms with Crippen molar-refractivity contribution in [3.05, 3.63) is 57.3 Å². The maximum Gasteiger partial charge on any atom is 0.271 e. The molecule has 3 aromatic rings. The van der Waals surface area contributed by atoms with Crippen molar-refractivity contribution in [2.45, 2.75) is 33.7 Å². The maximum absolute atomic E-state index is 12.0. The van der Waals surface area contributed by atoms with Crippen LogP contribution in [-0.2, 0) is 13.0 Å². The Bertz CT molecular complexity index is 877. The quantitative estimate of drug-likeness (QED) is 0.775. The Morgan fingerprint density at radius 3 is 2.86 bits per heavy atom. The molecule has 22 heavy (non-hydrogen) atoms. The topological polar surface area (TPSA) is 70.9 Å². The number of pyridine rings is 1. The van der Waals surface area contributed by atoms with E-state index in [1.165, 1.54) is 0 Å². The van der Waals surface area contributed by atoms with E-state index >= 15 is 0 Å². The Labute approximate surface area is 128 Å². The predicted molar refractivity (Wildman–Crippen MR) is 87.3 cm³/mol. The van der Waals surface area contributed by atoms with Gasteiger partial charge in [0.15, 0.2) is 5.58 Å². The van der Waals surface area contributed by atoms with Gasteiger partial charge in [-0.25, -0.2) is 4.98 Å². The van der Waals surface area contributed by atoms with Crippen LogP contribution in [0.25, 0.3) is 11.1 Å². The second-order valence-corrected chi connectivity index (χ2v) is 5.40. The first-order valence-corrected chi connectivity index (χ1v) is 7.40. The van der Waals surface area contributed by atoms with Crippen molar-refractivity contribution in [1.82, 2.24) is 9.97 Å². The molecule has 0 aliphatic carbocycles. The van der Waals surface area contributed by atoms with Crippen LogP contribution >= 0.6 is 0 Å². The van der Waals surface area contributed by atoms with Crippen molar-refractivity contribution in [3.63, 3.8) is 0 Å². The van der Waals surface area contributed by atoms with E-state index in [0.29, 0.717) is 18.1 Å². The zero-order valence-corrected chi connectivity index (χ0v) is 13.0. The zero-order chi connectivity index (χ0) is 15.7. The third-order valence-corrected chi connectivity index (χ3v) is 3.81. The number of rotatable bonds is 4. The van der Waals surface area contributed by atoms with Crippen LogP contribution in [0, 0.1) is 13.8 Å². The molecule has 2 N–H and O–H groups in total. The summed E-state index contributed by atoms with van der Waals surface area (Å²) < 4.78 is 5.75. The van der Waals surface area contributed by atoms with Crippen molar-refractivity contribution in [1.29, 1.82) is 0 Å². The van der Waals surface area contributed by atoms with Gasteiger partial charge in [0.05, 0.1) is 6.54 Å². The fraction of sp³-hybridized carbons (Fsp3) is 0.294. The molecule has 0 unspecified atom stereocenters. The smallest absolute Gasteiger partial charge is 0.271 e. The van der Waals surface area contributed by atoms with Gasteiger partial charge in [-0.05, 0) is 43.5 Å². The molecule has 0 amide bonds. The van der Waals surface area contributed by atoms with E-state index < -0.39 is 0 Å². The highest BCUT2D eigenvalue weighted by atomic mass is 16.3. The minimum atomic E-state index is -0.123. The van der Waals surface area contributed by atoms with Crippen LogP contribution in [0.15, 0.2) is 33.5 Å². The number of hydrogen-bond acceptors (Lipinski definition) is 4. The van der Waals surface area contributed by atoms with Crippen LogP contribution < -0.4 is 10.9 Å². The molecule has 0 spiro atoms. The molecular weight excluding hydrogens is 278 g/mol. The molecule has 0 saturated carbocycles. The van der Waals surface area contributed by atoms with Crippen molar-refractivity contribution >= 4 is 16.8 Å². The monoisotopic (exact) mass is 297 g/mol. The summed E-state index contributed by atoms with van der Waals surface area (Å²) in [5.74, 6) is 0.572. The summed E-state index contributed by atoms with van der Waals surface area (Å²) in [7, 11) is 0. The molecule has 2 heterocycles. The summed E-state index contributed by atoms with van der Waals surface area (Å²) in [5, 5.41) is 3.11. The molecule has 0 fully saturated rings. The Morgan fingerprint density at radius 2 is 2.14 bits per heavy atom. The zero-order valence-electron chi connectivity index (χ0n) is 13.0. The fourth-order valence-electron chi connectivity index (χ4n) is 2.54. The van der Waals surface area contributed by atoms with Gasteiger partial charge in [-0.3, -0.25) is 4.79 Å². The lowest BCUT2D eigenvalue weighted by atomic mass is 10.1. The SMILES string of the molecule is CCc1cc(NCc2nc3cccc(C)c3o2)c(=O)[nH]c1C. The molecule has 0 aliphatic rings. The van der Waals surface area contributed by atoms with Crippen LogP contribution in [0.5, 0.6) is 0 Å². The number of nitrogens with one attached hydrogen (secondary N) is 2. The van der Waals surface area contributed by atoms with E-state index in [2.05, 4.69) is 22.2 Å². The van der Waals surface area contributed by atoms with Crippen molar-refractivity contribution < 1.29 is 4.42 Å². The number of aromatic nitrogens is 2. The summed E-state index contributed by atoms with van der Waals surface area (Å²) in [4.78, 5) is 19.3. The third-order valence-electron chi connectivity index (χ3n) is 3.81. The lowest BCUT2D eigenvalue weighted by molar-refractivity contribution is 0.538. The Balaban J connectivity index is 1.85. The number of H-pyrrole nitrogens is 1. The number of benzene rings is 1. The molecule has 114 valence electrons. The number of hydrogen-bond donors (Lipinski definition) is 2. The Hall–Kier alpha value is -2.56. The fourth-order valence-corrected chi connectivity index (χ4v) is 2.54. The molecule has 0 saturated heterocycles. The van der Waals surface area contributed by atoms with Crippen LogP contribution in [0.4, 0.5) is 5.69 Å². The van der Waals surface area contributed by atoms with Crippen molar-refractivity contribution in [2.75, 3.05) is 5.32 Å². The van der Waals surface area contributed by atoms with Gasteiger partial charge in [0, 0.05) is 5.69 Å². The van der Waals surface area contributed by atoms with E-state index in [1.54, 1.807) is 0 Å². The molecule has 3 rings (SSSR count). The standard InChI is InChI=1S/C17H19N3O2/c1-4-12-8-14(17(21)19-11(12)3)18-9-15-20-13-7-5-6-10(2)16(13)22-15/h5-8,18H,4,9H2,1-3H3,(H,19,21). The van der Waals surface area contributed by atoms with Crippen LogP contribution in [-0.4, -0.2) is 9.97 Å². The van der Waals surface area contributed by atoms with Gasteiger partial charge in [0.2, 0.25) is 5.89 Å². The molecule has 5 heteroatoms. The molecule has 5 nitrogen and oxygen atoms in total. The second-order valence-electron chi connectivity index (χ2n) is 5.40. The van der Waals surface area contributed by atoms with Crippen molar-refractivity contribution in [2.24, 2.45) is 0 Å². The van der Waals surface area contributed by atoms with E-state index in [0.717, 1.165) is 34.3 Å². The molecule has 1 aromatic carbocycles. The van der Waals surface area contributed by atoms with Gasteiger partial charge in [-0.2, -0.15) is 0 Å². The molecular formula is C17H19N3O2. The summed E-state index contributed by atoms with van der Waals surface area (Å²) in [6.45, 7) is 6.34. The van der Waals surface area contributed by atoms with Gasteiger partial charge < -0.3 is 14.7 Å². The lowest BCUT2D eigenvalue weighted by Gasteiger charge is -2.07. The number of aryl methyl sites for hydroxylation is 3. The van der Waals surface area contributed by atoms with Gasteiger partial charge >= 0.3 is 0 Å². The minimum absolute atomic E-state index is 0.123. The summed E-state index contributed by atoms with van der Waals surface area (Å²) in [6, 6.07) is 7.75. The summed E-state index contributed by atoms with van der Waals surface area (Å²) in [5.41, 5.74) is 5.14. The molecule has 0 bridgehead atoms. The largest absolute Gasteiger partial charge is 0.438 e. The Kier molecular flexibility index (Phi) is 3.71. The predicted octanol–water partition coefficient (Wildman–Crippen LogP) is 3.31. The van der Waals surface area contributed by atoms with Gasteiger partial charge in [-0.1, -0.05) is 19.1 Å². The number of oxazole rings is 1. The van der Waals surface area contributed by atoms with Crippen LogP contribution in [0.3, 0.4) is 0 Å². The summed E-state index contributed by atoms with van der Waals surface area (Å²) in [6.07, 6.45) is 0.874. The first-order chi connectivity index (χ1) is 10.6. The summed E-state index contributed by atoms with van der Waals surface area (Å²) >= 11 is 0. The highest BCUT2D eigenvalue weighted by Gasteiger charge is 2.09. The van der Waals surface area contributed by atoms with Gasteiger partial charge in [-0.15, -0.1) is 0 Å². The van der Waals surface area contributed by atoms with Crippen LogP contribution in [0.2, 0.25) is 0 Å². The van der Waals surface area contributed by atoms with Crippen LogP contribution in [0.1, 0.15) is 29.6 Å². The average molecular weight is 297 g/mol. The highest BCUT2D eigenvalue weighted by molar-refractivity contribution is 5.76. The minimum Gasteiger partial charge on any atom is -0.438 e. The van der Waals surface area contributed by atoms with E-state index in [9.17, 15) is 4.79 Å². The van der Waals surface area contributed by atoms with E-state index in [1.807, 2.05) is 38.1 Å². The first kappa shape index (κ1) is 14.4. The maximum atomic E-state index is 12.0. The third kappa shape index (κ3) is 2.62. The van der Waals surface area contributed by atoms with E-state index in [4.69, 9.17) is 4.42 Å². The van der Waals surface area contributed by atoms with Gasteiger partial charge in [0.1, 0.15) is 11.2 Å². The first-order valence-electron chi connectivity index (χ1n) is 7.40. The molecule has 0 aliphatic heterocycles. The van der Waals surface area contributed by atoms with Gasteiger partial charge in [0.25, 0.3) is 5.56 Å². The molecule has 0 atom stereocenters. The van der Waals surface area contributed by atoms with E-state index in [-0.39, 0.29) is 5.56 Å². The van der Waals surface area contributed by atoms with Crippen molar-refractivity contribution in [3.8, 4) is 0 Å². The average Bonchev–Trinajstić information content (AvgIpc) is 2.91. The normalized spacial score (nSPS) is 11.0. The lowest BCUT2D eigenvalue weighted by Crippen LogP contribution is -2.16. The number of aromatic amines is 1. The number of anilines is 1. The highest BCUT2D eigenvalue weighted by Crippen LogP contribution is 2.19. The Morgan fingerprint density at radius 1 is 1.32 bits per heavy atom. The number of para-hydroxylation sites is 1.